The number of methoxy groups -OCH3 is 3. The maximum atomic E-state index is 11.7. The van der Waals surface area contributed by atoms with Crippen LogP contribution in [0.25, 0.3) is 58.3 Å². The molecular weight excluding hydrogens is 992 g/mol. The Hall–Kier alpha value is -9.48. The van der Waals surface area contributed by atoms with E-state index in [2.05, 4.69) is 55.8 Å². The average Bonchev–Trinajstić information content (AvgIpc) is 4.20. The number of pyridine rings is 4. The highest BCUT2D eigenvalue weighted by Gasteiger charge is 2.18. The van der Waals surface area contributed by atoms with E-state index in [4.69, 9.17) is 56.1 Å². The number of para-hydroxylation sites is 1. The van der Waals surface area contributed by atoms with Crippen molar-refractivity contribution in [2.45, 2.75) is 6.92 Å². The van der Waals surface area contributed by atoms with Gasteiger partial charge >= 0.3 is 5.97 Å². The number of aromatic nitrogens is 11. The number of halogens is 2. The van der Waals surface area contributed by atoms with E-state index in [9.17, 15) is 19.2 Å². The minimum Gasteiger partial charge on any atom is -0.492 e. The number of nitrogens with one attached hydrogen (secondary N) is 1. The summed E-state index contributed by atoms with van der Waals surface area (Å²) < 4.78 is 33.4. The molecule has 0 fully saturated rings. The second kappa shape index (κ2) is 26.5. The van der Waals surface area contributed by atoms with Crippen molar-refractivity contribution in [1.29, 1.82) is 0 Å². The Morgan fingerprint density at radius 2 is 1.32 bits per heavy atom. The second-order valence-electron chi connectivity index (χ2n) is 13.9. The lowest BCUT2D eigenvalue weighted by Crippen LogP contribution is -2.28. The van der Waals surface area contributed by atoms with Gasteiger partial charge in [0, 0.05) is 77.8 Å². The number of nitrogens with zero attached hydrogens (tertiary/aromatic N) is 11. The van der Waals surface area contributed by atoms with E-state index in [0.717, 1.165) is 12.2 Å². The van der Waals surface area contributed by atoms with Crippen molar-refractivity contribution in [2.24, 2.45) is 0 Å². The van der Waals surface area contributed by atoms with Gasteiger partial charge in [-0.3, -0.25) is 19.0 Å². The molecule has 0 unspecified atom stereocenters. The monoisotopic (exact) mass is 1030 g/mol. The van der Waals surface area contributed by atoms with E-state index >= 15 is 0 Å². The number of carbonyl (C=O) groups is 4. The van der Waals surface area contributed by atoms with Crippen LogP contribution >= 0.6 is 23.2 Å². The van der Waals surface area contributed by atoms with Crippen molar-refractivity contribution in [3.8, 4) is 63.5 Å². The SMILES string of the molecule is CCOc1ccc(-c2nnc(/C=C/c3nnc(-c4ccnc(OC)c4)o3)n2-c2ccccc2Cl)nc1.COc1cc(-c2nnc(/C=C/C(=O)Cl)o2)ccn1.COc1cc(C(=O)NCC(=O)/C=C\C(=O)O)ccn1. The molecule has 0 spiro atoms. The molecule has 0 aliphatic heterocycles. The van der Waals surface area contributed by atoms with Crippen molar-refractivity contribution in [2.75, 3.05) is 34.5 Å². The molecule has 73 heavy (non-hydrogen) atoms. The van der Waals surface area contributed by atoms with Crippen molar-refractivity contribution in [3.63, 3.8) is 0 Å². The number of benzene rings is 1. The van der Waals surface area contributed by atoms with Gasteiger partial charge in [0.05, 0.1) is 51.4 Å². The molecular formula is C48H40Cl2N12O11. The number of allylic oxidation sites excluding steroid dienone is 1. The zero-order valence-corrected chi connectivity index (χ0v) is 40.3. The third-order valence-electron chi connectivity index (χ3n) is 9.09. The molecule has 0 radical (unpaired) electrons. The molecule has 0 saturated heterocycles. The fourth-order valence-electron chi connectivity index (χ4n) is 5.79. The topological polar surface area (TPSA) is 298 Å². The van der Waals surface area contributed by atoms with E-state index in [1.807, 2.05) is 41.8 Å². The van der Waals surface area contributed by atoms with Gasteiger partial charge in [-0.15, -0.1) is 30.6 Å². The van der Waals surface area contributed by atoms with Gasteiger partial charge in [-0.25, -0.2) is 24.7 Å². The number of aliphatic carboxylic acids is 1. The first-order valence-electron chi connectivity index (χ1n) is 21.1. The number of hydrogen-bond acceptors (Lipinski definition) is 20. The molecule has 7 aromatic heterocycles. The normalized spacial score (nSPS) is 10.8. The second-order valence-corrected chi connectivity index (χ2v) is 14.7. The Morgan fingerprint density at radius 3 is 1.89 bits per heavy atom. The van der Waals surface area contributed by atoms with Crippen LogP contribution in [0.5, 0.6) is 23.4 Å². The molecule has 1 aromatic carbocycles. The number of rotatable bonds is 18. The van der Waals surface area contributed by atoms with E-state index in [0.29, 0.717) is 86.7 Å². The fourth-order valence-corrected chi connectivity index (χ4v) is 6.07. The van der Waals surface area contributed by atoms with Crippen molar-refractivity contribution in [1.82, 2.24) is 60.4 Å². The molecule has 0 aliphatic carbocycles. The highest BCUT2D eigenvalue weighted by Crippen LogP contribution is 2.29. The van der Waals surface area contributed by atoms with Crippen molar-refractivity contribution in [3.05, 3.63) is 144 Å². The Balaban J connectivity index is 0.000000198. The quantitative estimate of drug-likeness (QED) is 0.0648. The van der Waals surface area contributed by atoms with Gasteiger partial charge in [0.15, 0.2) is 17.4 Å². The molecule has 0 saturated carbocycles. The van der Waals surface area contributed by atoms with Gasteiger partial charge < -0.3 is 38.2 Å². The van der Waals surface area contributed by atoms with Crippen LogP contribution in [0.4, 0.5) is 0 Å². The maximum absolute atomic E-state index is 11.7. The molecule has 0 atom stereocenters. The fraction of sp³-hybridized carbons (Fsp3) is 0.125. The number of hydrogen-bond donors (Lipinski definition) is 2. The lowest BCUT2D eigenvalue weighted by atomic mass is 10.2. The van der Waals surface area contributed by atoms with Gasteiger partial charge in [-0.1, -0.05) is 23.7 Å². The van der Waals surface area contributed by atoms with E-state index < -0.39 is 22.9 Å². The van der Waals surface area contributed by atoms with Crippen molar-refractivity contribution >= 4 is 64.3 Å². The van der Waals surface area contributed by atoms with Gasteiger partial charge in [-0.2, -0.15) is 0 Å². The molecule has 23 nitrogen and oxygen atoms in total. The summed E-state index contributed by atoms with van der Waals surface area (Å²) >= 11 is 11.7. The van der Waals surface area contributed by atoms with Crippen LogP contribution in [-0.4, -0.2) is 118 Å². The summed E-state index contributed by atoms with van der Waals surface area (Å²) in [6, 6.07) is 20.8. The molecule has 8 rings (SSSR count). The number of amides is 1. The summed E-state index contributed by atoms with van der Waals surface area (Å²) in [6.07, 6.45) is 13.7. The lowest BCUT2D eigenvalue weighted by Gasteiger charge is -2.10. The largest absolute Gasteiger partial charge is 0.492 e. The van der Waals surface area contributed by atoms with E-state index in [1.165, 1.54) is 38.6 Å². The number of ketones is 1. The minimum atomic E-state index is -1.22. The molecule has 25 heteroatoms. The summed E-state index contributed by atoms with van der Waals surface area (Å²) in [7, 11) is 4.48. The first kappa shape index (κ1) is 52.9. The van der Waals surface area contributed by atoms with Gasteiger partial charge in [0.25, 0.3) is 5.91 Å². The number of carbonyl (C=O) groups excluding carboxylic acids is 3. The standard InChI is InChI=1S/C25H20ClN7O3.C12H12N2O5.C11H8ClN3O3/c1-3-35-17-8-9-19(28-15-17)24-31-29-21(33(24)20-7-5-4-6-18(20)26)10-11-22-30-32-25(36-22)16-12-13-27-23(14-16)34-2;1-19-10-6-8(4-5-13-10)12(18)14-7-9(15)2-3-11(16)17;1-17-10-6-7(4-5-13-10)11-15-14-9(18-11)3-2-8(12)16/h4-15H,3H2,1-2H3;2-6H,7H2,1H3,(H,14,18)(H,16,17);2-6H,1H3/b11-10+;3-2-;3-2+. The Kier molecular flexibility index (Phi) is 19.2. The minimum absolute atomic E-state index is 0.190. The zero-order valence-electron chi connectivity index (χ0n) is 38.8. The van der Waals surface area contributed by atoms with E-state index in [-0.39, 0.29) is 24.2 Å². The zero-order chi connectivity index (χ0) is 52.1. The summed E-state index contributed by atoms with van der Waals surface area (Å²) in [5.74, 6) is 1.76. The molecule has 2 N–H and O–H groups in total. The molecule has 0 bridgehead atoms. The highest BCUT2D eigenvalue weighted by atomic mass is 35.5. The molecule has 7 heterocycles. The van der Waals surface area contributed by atoms with Crippen LogP contribution in [0.1, 0.15) is 34.9 Å². The van der Waals surface area contributed by atoms with Crippen LogP contribution in [0.3, 0.4) is 0 Å². The third kappa shape index (κ3) is 15.5. The highest BCUT2D eigenvalue weighted by molar-refractivity contribution is 6.66. The van der Waals surface area contributed by atoms with Gasteiger partial charge in [-0.05, 0) is 73.1 Å². The number of carboxylic acids is 1. The smallest absolute Gasteiger partial charge is 0.328 e. The lowest BCUT2D eigenvalue weighted by molar-refractivity contribution is -0.131. The summed E-state index contributed by atoms with van der Waals surface area (Å²) in [6.45, 7) is 2.19. The van der Waals surface area contributed by atoms with Gasteiger partial charge in [0.2, 0.25) is 46.4 Å². The predicted octanol–water partition coefficient (Wildman–Crippen LogP) is 6.95. The average molecular weight is 1030 g/mol. The van der Waals surface area contributed by atoms with Crippen LogP contribution < -0.4 is 24.3 Å². The van der Waals surface area contributed by atoms with Crippen LogP contribution in [0, 0.1) is 0 Å². The Bertz CT molecular complexity index is 3270. The first-order chi connectivity index (χ1) is 35.4. The summed E-state index contributed by atoms with van der Waals surface area (Å²) in [5, 5.41) is 35.1. The van der Waals surface area contributed by atoms with Crippen LogP contribution in [0.15, 0.2) is 125 Å². The summed E-state index contributed by atoms with van der Waals surface area (Å²) in [5.41, 5.74) is 2.96. The summed E-state index contributed by atoms with van der Waals surface area (Å²) in [4.78, 5) is 60.0. The Labute approximate surface area is 424 Å². The van der Waals surface area contributed by atoms with Crippen molar-refractivity contribution < 1.29 is 52.1 Å². The van der Waals surface area contributed by atoms with Crippen LogP contribution in [-0.2, 0) is 14.4 Å². The third-order valence-corrected chi connectivity index (χ3v) is 9.54. The molecule has 372 valence electrons. The predicted molar refractivity (Wildman–Crippen MR) is 263 cm³/mol. The number of ether oxygens (including phenoxy) is 4. The molecule has 8 aromatic rings. The van der Waals surface area contributed by atoms with E-state index in [1.54, 1.807) is 68.2 Å². The first-order valence-corrected chi connectivity index (χ1v) is 21.9. The maximum Gasteiger partial charge on any atom is 0.328 e. The molecule has 0 aliphatic rings. The number of carboxylic acid groups (broad SMARTS) is 1. The van der Waals surface area contributed by atoms with Gasteiger partial charge in [0.1, 0.15) is 11.4 Å². The van der Waals surface area contributed by atoms with Crippen LogP contribution in [0.2, 0.25) is 5.02 Å². The Morgan fingerprint density at radius 1 is 0.699 bits per heavy atom. The molecule has 1 amide bonds.